The maximum Gasteiger partial charge on any atom is 0.0776 e. The molecule has 0 amide bonds. The Morgan fingerprint density at radius 3 is 2.70 bits per heavy atom. The van der Waals surface area contributed by atoms with E-state index in [1.54, 1.807) is 6.92 Å². The zero-order valence-electron chi connectivity index (χ0n) is 11.7. The van der Waals surface area contributed by atoms with E-state index in [1.165, 1.54) is 11.3 Å². The molecule has 2 aromatic rings. The summed E-state index contributed by atoms with van der Waals surface area (Å²) >= 11 is 6.29. The van der Waals surface area contributed by atoms with Crippen LogP contribution in [0.1, 0.15) is 31.1 Å². The molecule has 0 radical (unpaired) electrons. The van der Waals surface area contributed by atoms with Crippen LogP contribution in [0.2, 0.25) is 5.02 Å². The summed E-state index contributed by atoms with van der Waals surface area (Å²) in [5.74, 6) is 0. The smallest absolute Gasteiger partial charge is 0.0776 e. The number of fused-ring (bicyclic) bond motifs is 1. The zero-order chi connectivity index (χ0) is 14.3. The minimum absolute atomic E-state index is 0.417. The Hall–Kier alpha value is -1.51. The lowest BCUT2D eigenvalue weighted by Crippen LogP contribution is -2.23. The summed E-state index contributed by atoms with van der Waals surface area (Å²) in [6, 6.07) is 14.8. The van der Waals surface area contributed by atoms with Crippen molar-refractivity contribution in [2.45, 2.75) is 32.4 Å². The highest BCUT2D eigenvalue weighted by molar-refractivity contribution is 6.31. The fourth-order valence-corrected chi connectivity index (χ4v) is 3.30. The number of rotatable bonds is 2. The molecular weight excluding hydrogens is 270 g/mol. The van der Waals surface area contributed by atoms with Gasteiger partial charge in [0, 0.05) is 22.4 Å². The third kappa shape index (κ3) is 2.19. The highest BCUT2D eigenvalue weighted by atomic mass is 35.5. The van der Waals surface area contributed by atoms with Crippen LogP contribution < -0.4 is 4.90 Å². The first-order chi connectivity index (χ1) is 9.58. The molecule has 0 spiro atoms. The minimum Gasteiger partial charge on any atom is -0.389 e. The number of aliphatic hydroxyl groups is 1. The van der Waals surface area contributed by atoms with Crippen LogP contribution in [-0.2, 0) is 6.42 Å². The Morgan fingerprint density at radius 2 is 2.00 bits per heavy atom. The number of halogens is 1. The molecule has 2 nitrogen and oxygen atoms in total. The third-order valence-electron chi connectivity index (χ3n) is 3.92. The van der Waals surface area contributed by atoms with Gasteiger partial charge in [-0.15, -0.1) is 0 Å². The number of hydrogen-bond acceptors (Lipinski definition) is 2. The number of para-hydroxylation sites is 1. The largest absolute Gasteiger partial charge is 0.389 e. The topological polar surface area (TPSA) is 23.5 Å². The summed E-state index contributed by atoms with van der Waals surface area (Å²) in [7, 11) is 0. The molecule has 0 saturated carbocycles. The summed E-state index contributed by atoms with van der Waals surface area (Å²) in [5, 5.41) is 10.3. The summed E-state index contributed by atoms with van der Waals surface area (Å²) in [6.45, 7) is 3.95. The van der Waals surface area contributed by atoms with Gasteiger partial charge in [-0.3, -0.25) is 0 Å². The van der Waals surface area contributed by atoms with Crippen LogP contribution in [0.15, 0.2) is 42.5 Å². The molecule has 0 aliphatic carbocycles. The molecule has 1 aliphatic heterocycles. The molecule has 2 aromatic carbocycles. The second-order valence-corrected chi connectivity index (χ2v) is 5.84. The number of benzene rings is 2. The summed E-state index contributed by atoms with van der Waals surface area (Å²) in [6.07, 6.45) is 0.506. The van der Waals surface area contributed by atoms with E-state index in [9.17, 15) is 5.11 Å². The summed E-state index contributed by atoms with van der Waals surface area (Å²) in [5.41, 5.74) is 4.48. The van der Waals surface area contributed by atoms with Crippen LogP contribution in [0.3, 0.4) is 0 Å². The van der Waals surface area contributed by atoms with Crippen molar-refractivity contribution in [3.05, 3.63) is 58.6 Å². The molecule has 1 N–H and O–H groups in total. The van der Waals surface area contributed by atoms with Crippen LogP contribution >= 0.6 is 11.6 Å². The maximum absolute atomic E-state index is 9.67. The van der Waals surface area contributed by atoms with E-state index in [-0.39, 0.29) is 0 Å². The Bertz CT molecular complexity index is 639. The molecule has 0 aromatic heterocycles. The van der Waals surface area contributed by atoms with Crippen molar-refractivity contribution in [2.75, 3.05) is 4.90 Å². The second kappa shape index (κ2) is 5.12. The highest BCUT2D eigenvalue weighted by Crippen LogP contribution is 2.39. The van der Waals surface area contributed by atoms with E-state index < -0.39 is 6.10 Å². The fourth-order valence-electron chi connectivity index (χ4n) is 2.96. The first-order valence-electron chi connectivity index (χ1n) is 6.92. The Labute approximate surface area is 124 Å². The van der Waals surface area contributed by atoms with Crippen LogP contribution in [0, 0.1) is 0 Å². The first-order valence-corrected chi connectivity index (χ1v) is 7.30. The number of hydrogen-bond donors (Lipinski definition) is 1. The lowest BCUT2D eigenvalue weighted by atomic mass is 10.1. The third-order valence-corrected chi connectivity index (χ3v) is 4.25. The van der Waals surface area contributed by atoms with Crippen molar-refractivity contribution >= 4 is 23.0 Å². The average Bonchev–Trinajstić information content (AvgIpc) is 2.73. The molecule has 104 valence electrons. The SMILES string of the molecule is CC(O)c1ccc(N2c3ccccc3CC2C)cc1Cl. The molecule has 3 heteroatoms. The quantitative estimate of drug-likeness (QED) is 0.880. The predicted molar refractivity (Wildman–Crippen MR) is 83.8 cm³/mol. The highest BCUT2D eigenvalue weighted by Gasteiger charge is 2.27. The van der Waals surface area contributed by atoms with Crippen molar-refractivity contribution in [1.29, 1.82) is 0 Å². The molecule has 3 rings (SSSR count). The maximum atomic E-state index is 9.67. The van der Waals surface area contributed by atoms with Gasteiger partial charge in [-0.1, -0.05) is 35.9 Å². The van der Waals surface area contributed by atoms with Crippen LogP contribution in [0.5, 0.6) is 0 Å². The van der Waals surface area contributed by atoms with Gasteiger partial charge in [-0.2, -0.15) is 0 Å². The van der Waals surface area contributed by atoms with E-state index in [2.05, 4.69) is 36.1 Å². The van der Waals surface area contributed by atoms with Crippen LogP contribution in [0.25, 0.3) is 0 Å². The van der Waals surface area contributed by atoms with Crippen molar-refractivity contribution in [3.8, 4) is 0 Å². The van der Waals surface area contributed by atoms with Crippen molar-refractivity contribution in [3.63, 3.8) is 0 Å². The van der Waals surface area contributed by atoms with Crippen LogP contribution in [-0.4, -0.2) is 11.1 Å². The summed E-state index contributed by atoms with van der Waals surface area (Å²) < 4.78 is 0. The average molecular weight is 288 g/mol. The van der Waals surface area contributed by atoms with Crippen molar-refractivity contribution < 1.29 is 5.11 Å². The van der Waals surface area contributed by atoms with Crippen molar-refractivity contribution in [1.82, 2.24) is 0 Å². The monoisotopic (exact) mass is 287 g/mol. The van der Waals surface area contributed by atoms with Crippen LogP contribution in [0.4, 0.5) is 11.4 Å². The predicted octanol–water partition coefficient (Wildman–Crippen LogP) is 4.48. The summed E-state index contributed by atoms with van der Waals surface area (Å²) in [4.78, 5) is 2.31. The lowest BCUT2D eigenvalue weighted by Gasteiger charge is -2.26. The van der Waals surface area contributed by atoms with Crippen molar-refractivity contribution in [2.24, 2.45) is 0 Å². The fraction of sp³-hybridized carbons (Fsp3) is 0.294. The molecule has 1 heterocycles. The van der Waals surface area contributed by atoms with E-state index in [4.69, 9.17) is 11.6 Å². The molecule has 2 atom stereocenters. The van der Waals surface area contributed by atoms with E-state index in [0.29, 0.717) is 11.1 Å². The number of aliphatic hydroxyl groups excluding tert-OH is 1. The molecule has 0 saturated heterocycles. The minimum atomic E-state index is -0.542. The van der Waals surface area contributed by atoms with Gasteiger partial charge >= 0.3 is 0 Å². The van der Waals surface area contributed by atoms with Gasteiger partial charge in [-0.05, 0) is 49.6 Å². The zero-order valence-corrected chi connectivity index (χ0v) is 12.4. The molecule has 20 heavy (non-hydrogen) atoms. The standard InChI is InChI=1S/C17H18ClNO/c1-11-9-13-5-3-4-6-17(13)19(11)14-7-8-15(12(2)20)16(18)10-14/h3-8,10-12,20H,9H2,1-2H3. The van der Waals surface area contributed by atoms with Gasteiger partial charge in [-0.25, -0.2) is 0 Å². The van der Waals surface area contributed by atoms with Gasteiger partial charge < -0.3 is 10.0 Å². The molecule has 0 bridgehead atoms. The Kier molecular flexibility index (Phi) is 3.45. The molecule has 1 aliphatic rings. The molecule has 2 unspecified atom stereocenters. The van der Waals surface area contributed by atoms with E-state index in [1.807, 2.05) is 18.2 Å². The number of anilines is 2. The molecule has 0 fully saturated rings. The van der Waals surface area contributed by atoms with Gasteiger partial charge in [0.25, 0.3) is 0 Å². The van der Waals surface area contributed by atoms with Gasteiger partial charge in [0.2, 0.25) is 0 Å². The number of nitrogens with zero attached hydrogens (tertiary/aromatic N) is 1. The van der Waals surface area contributed by atoms with Gasteiger partial charge in [0.1, 0.15) is 0 Å². The molecular formula is C17H18ClNO. The van der Waals surface area contributed by atoms with E-state index in [0.717, 1.165) is 17.7 Å². The Balaban J connectivity index is 2.03. The Morgan fingerprint density at radius 1 is 1.25 bits per heavy atom. The normalized spacial score (nSPS) is 19.0. The first kappa shape index (κ1) is 13.5. The van der Waals surface area contributed by atoms with Gasteiger partial charge in [0.05, 0.1) is 6.10 Å². The lowest BCUT2D eigenvalue weighted by molar-refractivity contribution is 0.199. The van der Waals surface area contributed by atoms with Gasteiger partial charge in [0.15, 0.2) is 0 Å². The second-order valence-electron chi connectivity index (χ2n) is 5.43. The van der Waals surface area contributed by atoms with E-state index >= 15 is 0 Å².